The van der Waals surface area contributed by atoms with Crippen molar-refractivity contribution >= 4 is 22.6 Å². The lowest BCUT2D eigenvalue weighted by Gasteiger charge is -2.44. The second-order valence-corrected chi connectivity index (χ2v) is 13.8. The van der Waals surface area contributed by atoms with Gasteiger partial charge in [0.05, 0.1) is 19.2 Å². The van der Waals surface area contributed by atoms with E-state index in [1.807, 2.05) is 36.4 Å². The molecule has 0 spiro atoms. The zero-order chi connectivity index (χ0) is 37.4. The van der Waals surface area contributed by atoms with E-state index in [1.54, 1.807) is 14.0 Å². The number of methoxy groups -OCH3 is 1. The SMILES string of the molecule is CCNC(=O)C1(C(C)(F)F)CCN(CC(C)(F)F)CC1.COc1cccc(OCC2CCCN2C)c1-c1cccc2c(CCC(=O)O)cccc12. The first-order valence-electron chi connectivity index (χ1n) is 17.6. The summed E-state index contributed by atoms with van der Waals surface area (Å²) in [4.78, 5) is 26.9. The Kier molecular flexibility index (Phi) is 13.4. The van der Waals surface area contributed by atoms with E-state index in [1.165, 1.54) is 11.3 Å². The normalized spacial score (nSPS) is 18.2. The fourth-order valence-corrected chi connectivity index (χ4v) is 7.18. The van der Waals surface area contributed by atoms with E-state index < -0.39 is 35.7 Å². The third-order valence-electron chi connectivity index (χ3n) is 10.0. The number of carboxylic acid groups (broad SMARTS) is 1. The molecular weight excluding hydrogens is 666 g/mol. The maximum atomic E-state index is 13.9. The van der Waals surface area contributed by atoms with Crippen LogP contribution < -0.4 is 14.8 Å². The van der Waals surface area contributed by atoms with Gasteiger partial charge in [0.15, 0.2) is 0 Å². The van der Waals surface area contributed by atoms with E-state index in [0.717, 1.165) is 65.8 Å². The zero-order valence-electron chi connectivity index (χ0n) is 30.2. The van der Waals surface area contributed by atoms with Crippen LogP contribution >= 0.6 is 0 Å². The number of alkyl halides is 4. The molecule has 280 valence electrons. The summed E-state index contributed by atoms with van der Waals surface area (Å²) in [5.74, 6) is -5.93. The molecule has 0 radical (unpaired) electrons. The number of nitrogens with zero attached hydrogens (tertiary/aromatic N) is 2. The number of benzene rings is 3. The highest BCUT2D eigenvalue weighted by Gasteiger charge is 2.56. The summed E-state index contributed by atoms with van der Waals surface area (Å²) in [5, 5.41) is 13.7. The van der Waals surface area contributed by atoms with E-state index in [9.17, 15) is 27.2 Å². The number of likely N-dealkylation sites (tertiary alicyclic amines) is 2. The standard InChI is InChI=1S/C26H29NO4.C13H22F4N2O/c1-27-16-6-8-19(27)17-31-24-13-5-12-23(30-2)26(24)22-11-4-9-20-18(14-15-25(28)29)7-3-10-21(20)22;1-4-18-10(20)13(12(3,16)17)5-7-19(8-6-13)9-11(2,14)15/h3-5,7,9-13,19H,6,8,14-17H2,1-2H3,(H,28,29);4-9H2,1-3H3,(H,18,20). The van der Waals surface area contributed by atoms with Crippen molar-refractivity contribution in [3.63, 3.8) is 0 Å². The molecule has 0 bridgehead atoms. The summed E-state index contributed by atoms with van der Waals surface area (Å²) in [5.41, 5.74) is 1.21. The molecule has 2 N–H and O–H groups in total. The average molecular weight is 718 g/mol. The highest BCUT2D eigenvalue weighted by Crippen LogP contribution is 2.46. The number of aliphatic carboxylic acids is 1. The van der Waals surface area contributed by atoms with E-state index >= 15 is 0 Å². The Hall–Kier alpha value is -3.90. The number of likely N-dealkylation sites (N-methyl/N-ethyl adjacent to an activating group) is 1. The van der Waals surface area contributed by atoms with Crippen LogP contribution in [-0.2, 0) is 16.0 Å². The predicted octanol–water partition coefficient (Wildman–Crippen LogP) is 7.52. The van der Waals surface area contributed by atoms with Gasteiger partial charge in [-0.15, -0.1) is 0 Å². The number of hydrogen-bond donors (Lipinski definition) is 2. The van der Waals surface area contributed by atoms with Crippen molar-refractivity contribution in [3.8, 4) is 22.6 Å². The second-order valence-electron chi connectivity index (χ2n) is 13.8. The fourth-order valence-electron chi connectivity index (χ4n) is 7.18. The number of nitrogens with one attached hydrogen (secondary N) is 1. The summed E-state index contributed by atoms with van der Waals surface area (Å²) < 4.78 is 65.7. The lowest BCUT2D eigenvalue weighted by molar-refractivity contribution is -0.168. The summed E-state index contributed by atoms with van der Waals surface area (Å²) in [6.07, 6.45) is 2.74. The first kappa shape index (κ1) is 39.9. The van der Waals surface area contributed by atoms with Gasteiger partial charge < -0.3 is 24.8 Å². The van der Waals surface area contributed by atoms with Crippen molar-refractivity contribution in [2.45, 2.75) is 77.2 Å². The Morgan fingerprint density at radius 2 is 1.61 bits per heavy atom. The van der Waals surface area contributed by atoms with E-state index in [-0.39, 0.29) is 38.9 Å². The first-order valence-corrected chi connectivity index (χ1v) is 17.6. The number of halogens is 4. The lowest BCUT2D eigenvalue weighted by atomic mass is 9.72. The van der Waals surface area contributed by atoms with Crippen LogP contribution in [0.1, 0.15) is 58.4 Å². The van der Waals surface area contributed by atoms with Crippen LogP contribution in [-0.4, -0.2) is 98.2 Å². The van der Waals surface area contributed by atoms with Crippen molar-refractivity contribution in [1.82, 2.24) is 15.1 Å². The molecule has 1 amide bonds. The van der Waals surface area contributed by atoms with E-state index in [0.29, 0.717) is 19.1 Å². The number of hydrogen-bond acceptors (Lipinski definition) is 6. The summed E-state index contributed by atoms with van der Waals surface area (Å²) in [7, 11) is 3.83. The molecule has 1 atom stereocenters. The molecule has 51 heavy (non-hydrogen) atoms. The molecule has 0 saturated carbocycles. The van der Waals surface area contributed by atoms with Gasteiger partial charge in [-0.2, -0.15) is 0 Å². The van der Waals surface area contributed by atoms with Crippen molar-refractivity contribution < 1.29 is 41.7 Å². The Bertz CT molecular complexity index is 1630. The predicted molar refractivity (Wildman–Crippen MR) is 191 cm³/mol. The quantitative estimate of drug-likeness (QED) is 0.177. The summed E-state index contributed by atoms with van der Waals surface area (Å²) in [6, 6.07) is 18.6. The molecule has 0 aliphatic carbocycles. The number of aryl methyl sites for hydroxylation is 1. The molecule has 2 aliphatic rings. The number of rotatable bonds is 13. The Morgan fingerprint density at radius 1 is 0.961 bits per heavy atom. The molecule has 2 fully saturated rings. The third kappa shape index (κ3) is 9.91. The molecule has 5 rings (SSSR count). The van der Waals surface area contributed by atoms with Crippen LogP contribution in [0.2, 0.25) is 0 Å². The number of fused-ring (bicyclic) bond motifs is 1. The van der Waals surface area contributed by atoms with Gasteiger partial charge in [0.25, 0.3) is 11.8 Å². The Morgan fingerprint density at radius 3 is 2.20 bits per heavy atom. The molecule has 8 nitrogen and oxygen atoms in total. The number of carboxylic acids is 1. The van der Waals surface area contributed by atoms with Gasteiger partial charge in [-0.25, -0.2) is 17.6 Å². The monoisotopic (exact) mass is 717 g/mol. The van der Waals surface area contributed by atoms with E-state index in [4.69, 9.17) is 14.6 Å². The van der Waals surface area contributed by atoms with Crippen LogP contribution in [0, 0.1) is 5.41 Å². The number of carbonyl (C=O) groups excluding carboxylic acids is 1. The van der Waals surface area contributed by atoms with Gasteiger partial charge in [0, 0.05) is 32.9 Å². The molecule has 2 aliphatic heterocycles. The number of carbonyl (C=O) groups is 2. The highest BCUT2D eigenvalue weighted by atomic mass is 19.3. The van der Waals surface area contributed by atoms with Crippen molar-refractivity contribution in [2.75, 3.05) is 53.5 Å². The van der Waals surface area contributed by atoms with Gasteiger partial charge >= 0.3 is 5.97 Å². The summed E-state index contributed by atoms with van der Waals surface area (Å²) in [6.45, 7) is 4.90. The fraction of sp³-hybridized carbons (Fsp3) is 0.538. The largest absolute Gasteiger partial charge is 0.496 e. The van der Waals surface area contributed by atoms with Gasteiger partial charge in [-0.1, -0.05) is 42.5 Å². The molecular formula is C39H51F4N3O5. The minimum Gasteiger partial charge on any atom is -0.496 e. The lowest BCUT2D eigenvalue weighted by Crippen LogP contribution is -2.57. The van der Waals surface area contributed by atoms with Crippen LogP contribution in [0.3, 0.4) is 0 Å². The Labute approximate surface area is 298 Å². The van der Waals surface area contributed by atoms with Crippen LogP contribution in [0.15, 0.2) is 54.6 Å². The third-order valence-corrected chi connectivity index (χ3v) is 10.0. The molecule has 2 heterocycles. The van der Waals surface area contributed by atoms with Crippen molar-refractivity contribution in [1.29, 1.82) is 0 Å². The van der Waals surface area contributed by atoms with Crippen molar-refractivity contribution in [3.05, 3.63) is 60.2 Å². The summed E-state index contributed by atoms with van der Waals surface area (Å²) >= 11 is 0. The van der Waals surface area contributed by atoms with Gasteiger partial charge in [0.2, 0.25) is 5.91 Å². The molecule has 12 heteroatoms. The Balaban J connectivity index is 0.000000253. The van der Waals surface area contributed by atoms with Crippen LogP contribution in [0.4, 0.5) is 17.6 Å². The number of ether oxygens (including phenoxy) is 2. The first-order chi connectivity index (χ1) is 24.1. The van der Waals surface area contributed by atoms with Crippen LogP contribution in [0.5, 0.6) is 11.5 Å². The van der Waals surface area contributed by atoms with Crippen LogP contribution in [0.25, 0.3) is 21.9 Å². The maximum Gasteiger partial charge on any atom is 0.303 e. The zero-order valence-corrected chi connectivity index (χ0v) is 30.2. The second kappa shape index (κ2) is 17.1. The molecule has 3 aromatic rings. The van der Waals surface area contributed by atoms with Gasteiger partial charge in [0.1, 0.15) is 23.5 Å². The van der Waals surface area contributed by atoms with Gasteiger partial charge in [-0.3, -0.25) is 14.5 Å². The molecule has 2 saturated heterocycles. The van der Waals surface area contributed by atoms with Crippen molar-refractivity contribution in [2.24, 2.45) is 5.41 Å². The maximum absolute atomic E-state index is 13.9. The number of piperidine rings is 1. The molecule has 3 aromatic carbocycles. The smallest absolute Gasteiger partial charge is 0.303 e. The van der Waals surface area contributed by atoms with E-state index in [2.05, 4.69) is 35.5 Å². The molecule has 1 unspecified atom stereocenters. The minimum atomic E-state index is -3.17. The highest BCUT2D eigenvalue weighted by molar-refractivity contribution is 6.01. The topological polar surface area (TPSA) is 91.3 Å². The number of amides is 1. The average Bonchev–Trinajstić information content (AvgIpc) is 3.49. The molecule has 0 aromatic heterocycles. The van der Waals surface area contributed by atoms with Gasteiger partial charge in [-0.05, 0) is 99.7 Å². The minimum absolute atomic E-state index is 0.0734.